The van der Waals surface area contributed by atoms with Crippen molar-refractivity contribution in [2.24, 2.45) is 0 Å². The van der Waals surface area contributed by atoms with Gasteiger partial charge in [0.15, 0.2) is 0 Å². The molecular formula is C18H22BBrF3NO4. The topological polar surface area (TPSA) is 56.8 Å². The van der Waals surface area contributed by atoms with Crippen molar-refractivity contribution in [2.75, 3.05) is 6.54 Å². The summed E-state index contributed by atoms with van der Waals surface area (Å²) in [6.07, 6.45) is -3.06. The molecule has 1 aliphatic rings. The maximum atomic E-state index is 12.4. The molecule has 5 nitrogen and oxygen atoms in total. The van der Waals surface area contributed by atoms with Crippen molar-refractivity contribution < 1.29 is 32.0 Å². The smallest absolute Gasteiger partial charge is 0.406 e. The minimum absolute atomic E-state index is 0.166. The first-order chi connectivity index (χ1) is 12.7. The quantitative estimate of drug-likeness (QED) is 0.653. The number of carbonyl (C=O) groups is 1. The lowest BCUT2D eigenvalue weighted by molar-refractivity contribution is -0.274. The standard InChI is InChI=1S/C18H22BBrF3NO4/c1-11(25)24-10-13(19-27-16(2,3)17(4,5)28-19)8-12-6-7-14(9-15(12)20)26-18(21,22)23/h6-9H,10H2,1-5H3,(H,24,25). The highest BCUT2D eigenvalue weighted by atomic mass is 79.9. The molecule has 1 amide bonds. The molecule has 10 heteroatoms. The predicted molar refractivity (Wildman–Crippen MR) is 104 cm³/mol. The summed E-state index contributed by atoms with van der Waals surface area (Å²) in [5, 5.41) is 2.70. The fraction of sp³-hybridized carbons (Fsp3) is 0.500. The molecule has 1 N–H and O–H groups in total. The monoisotopic (exact) mass is 463 g/mol. The van der Waals surface area contributed by atoms with Crippen molar-refractivity contribution in [2.45, 2.75) is 52.2 Å². The number of nitrogens with one attached hydrogen (secondary N) is 1. The number of hydrogen-bond donors (Lipinski definition) is 1. The van der Waals surface area contributed by atoms with E-state index in [1.54, 1.807) is 6.08 Å². The van der Waals surface area contributed by atoms with Gasteiger partial charge in [-0.15, -0.1) is 13.2 Å². The number of amides is 1. The van der Waals surface area contributed by atoms with Gasteiger partial charge in [-0.25, -0.2) is 0 Å². The Hall–Kier alpha value is -1.52. The molecule has 28 heavy (non-hydrogen) atoms. The Bertz CT molecular complexity index is 765. The van der Waals surface area contributed by atoms with E-state index in [9.17, 15) is 18.0 Å². The van der Waals surface area contributed by atoms with Crippen LogP contribution in [0.1, 0.15) is 40.2 Å². The fourth-order valence-electron chi connectivity index (χ4n) is 2.45. The molecule has 0 spiro atoms. The number of carbonyl (C=O) groups excluding carboxylic acids is 1. The van der Waals surface area contributed by atoms with E-state index in [4.69, 9.17) is 9.31 Å². The molecule has 0 saturated carbocycles. The number of alkyl halides is 3. The average molecular weight is 464 g/mol. The van der Waals surface area contributed by atoms with E-state index in [0.29, 0.717) is 15.5 Å². The minimum Gasteiger partial charge on any atom is -0.406 e. The molecule has 1 saturated heterocycles. The van der Waals surface area contributed by atoms with Crippen LogP contribution in [-0.4, -0.2) is 37.1 Å². The molecule has 2 rings (SSSR count). The second-order valence-corrected chi connectivity index (χ2v) is 8.30. The van der Waals surface area contributed by atoms with Gasteiger partial charge < -0.3 is 19.4 Å². The fourth-order valence-corrected chi connectivity index (χ4v) is 2.92. The SMILES string of the molecule is CC(=O)NCC(=Cc1ccc(OC(F)(F)F)cc1Br)B1OC(C)(C)C(C)(C)O1. The van der Waals surface area contributed by atoms with Gasteiger partial charge in [0, 0.05) is 17.9 Å². The molecule has 1 aromatic rings. The summed E-state index contributed by atoms with van der Waals surface area (Å²) in [6, 6.07) is 3.91. The predicted octanol–water partition coefficient (Wildman–Crippen LogP) is 4.50. The van der Waals surface area contributed by atoms with E-state index in [0.717, 1.165) is 0 Å². The van der Waals surface area contributed by atoms with Crippen molar-refractivity contribution in [3.05, 3.63) is 33.7 Å². The highest BCUT2D eigenvalue weighted by molar-refractivity contribution is 9.10. The molecule has 1 heterocycles. The minimum atomic E-state index is -4.77. The van der Waals surface area contributed by atoms with Crippen LogP contribution in [0.25, 0.3) is 6.08 Å². The van der Waals surface area contributed by atoms with Crippen LogP contribution in [-0.2, 0) is 14.1 Å². The Morgan fingerprint density at radius 3 is 2.29 bits per heavy atom. The Labute approximate surface area is 170 Å². The molecule has 0 aromatic heterocycles. The molecule has 0 radical (unpaired) electrons. The molecule has 1 aromatic carbocycles. The second-order valence-electron chi connectivity index (χ2n) is 7.45. The lowest BCUT2D eigenvalue weighted by Gasteiger charge is -2.32. The number of rotatable bonds is 5. The van der Waals surface area contributed by atoms with Crippen LogP contribution in [0.4, 0.5) is 13.2 Å². The summed E-state index contributed by atoms with van der Waals surface area (Å²) in [4.78, 5) is 11.4. The number of hydrogen-bond acceptors (Lipinski definition) is 4. The van der Waals surface area contributed by atoms with Crippen molar-refractivity contribution in [3.63, 3.8) is 0 Å². The highest BCUT2D eigenvalue weighted by Gasteiger charge is 2.52. The van der Waals surface area contributed by atoms with Gasteiger partial charge in [0.1, 0.15) is 5.75 Å². The van der Waals surface area contributed by atoms with Crippen molar-refractivity contribution in [3.8, 4) is 5.75 Å². The first-order valence-electron chi connectivity index (χ1n) is 8.56. The first-order valence-corrected chi connectivity index (χ1v) is 9.35. The lowest BCUT2D eigenvalue weighted by atomic mass is 9.77. The van der Waals surface area contributed by atoms with Gasteiger partial charge in [0.05, 0.1) is 11.2 Å². The summed E-state index contributed by atoms with van der Waals surface area (Å²) < 4.78 is 53.5. The lowest BCUT2D eigenvalue weighted by Crippen LogP contribution is -2.41. The summed E-state index contributed by atoms with van der Waals surface area (Å²) in [7, 11) is -0.713. The molecule has 0 atom stereocenters. The van der Waals surface area contributed by atoms with Crippen molar-refractivity contribution >= 4 is 35.0 Å². The zero-order chi connectivity index (χ0) is 21.3. The molecule has 0 unspecified atom stereocenters. The molecule has 1 aliphatic heterocycles. The Morgan fingerprint density at radius 1 is 1.25 bits per heavy atom. The third-order valence-corrected chi connectivity index (χ3v) is 5.33. The van der Waals surface area contributed by atoms with Crippen LogP contribution in [0.5, 0.6) is 5.75 Å². The van der Waals surface area contributed by atoms with Crippen LogP contribution < -0.4 is 10.1 Å². The summed E-state index contributed by atoms with van der Waals surface area (Å²) in [6.45, 7) is 9.18. The van der Waals surface area contributed by atoms with Crippen LogP contribution in [0, 0.1) is 0 Å². The maximum absolute atomic E-state index is 12.4. The van der Waals surface area contributed by atoms with Gasteiger partial charge in [0.2, 0.25) is 5.91 Å². The van der Waals surface area contributed by atoms with Gasteiger partial charge >= 0.3 is 13.5 Å². The summed E-state index contributed by atoms with van der Waals surface area (Å²) in [5.74, 6) is -0.564. The van der Waals surface area contributed by atoms with Gasteiger partial charge in [-0.1, -0.05) is 28.1 Å². The third-order valence-electron chi connectivity index (χ3n) is 4.64. The zero-order valence-corrected chi connectivity index (χ0v) is 17.8. The Balaban J connectivity index is 2.33. The molecule has 0 bridgehead atoms. The van der Waals surface area contributed by atoms with Crippen LogP contribution in [0.2, 0.25) is 0 Å². The van der Waals surface area contributed by atoms with Crippen molar-refractivity contribution in [1.29, 1.82) is 0 Å². The normalized spacial score (nSPS) is 18.9. The van der Waals surface area contributed by atoms with Crippen LogP contribution in [0.3, 0.4) is 0 Å². The van der Waals surface area contributed by atoms with E-state index in [1.807, 2.05) is 27.7 Å². The van der Waals surface area contributed by atoms with Crippen LogP contribution >= 0.6 is 15.9 Å². The van der Waals surface area contributed by atoms with Crippen LogP contribution in [0.15, 0.2) is 28.1 Å². The molecule has 154 valence electrons. The van der Waals surface area contributed by atoms with Gasteiger partial charge in [0.25, 0.3) is 0 Å². The second kappa shape index (κ2) is 8.08. The number of ether oxygens (including phenoxy) is 1. The third kappa shape index (κ3) is 5.74. The maximum Gasteiger partial charge on any atom is 0.573 e. The first kappa shape index (κ1) is 22.8. The van der Waals surface area contributed by atoms with Gasteiger partial charge in [-0.2, -0.15) is 0 Å². The number of halogens is 4. The molecular weight excluding hydrogens is 442 g/mol. The molecule has 0 aliphatic carbocycles. The Morgan fingerprint density at radius 2 is 1.82 bits per heavy atom. The van der Waals surface area contributed by atoms with E-state index < -0.39 is 24.7 Å². The van der Waals surface area contributed by atoms with E-state index in [-0.39, 0.29) is 18.2 Å². The van der Waals surface area contributed by atoms with Gasteiger partial charge in [-0.3, -0.25) is 4.79 Å². The highest BCUT2D eigenvalue weighted by Crippen LogP contribution is 2.39. The van der Waals surface area contributed by atoms with Gasteiger partial charge in [-0.05, 0) is 50.9 Å². The molecule has 1 fully saturated rings. The summed E-state index contributed by atoms with van der Waals surface area (Å²) in [5.41, 5.74) is 0.0621. The summed E-state index contributed by atoms with van der Waals surface area (Å²) >= 11 is 3.26. The average Bonchev–Trinajstić information content (AvgIpc) is 2.71. The number of benzene rings is 1. The largest absolute Gasteiger partial charge is 0.573 e. The Kier molecular flexibility index (Phi) is 6.57. The van der Waals surface area contributed by atoms with E-state index in [2.05, 4.69) is 26.0 Å². The van der Waals surface area contributed by atoms with Crippen molar-refractivity contribution in [1.82, 2.24) is 5.32 Å². The van der Waals surface area contributed by atoms with E-state index in [1.165, 1.54) is 25.1 Å². The zero-order valence-electron chi connectivity index (χ0n) is 16.2. The van der Waals surface area contributed by atoms with E-state index >= 15 is 0 Å².